The zero-order chi connectivity index (χ0) is 35.5. The summed E-state index contributed by atoms with van der Waals surface area (Å²) in [6.07, 6.45) is 36.5. The van der Waals surface area contributed by atoms with E-state index in [0.717, 1.165) is 6.42 Å². The van der Waals surface area contributed by atoms with Gasteiger partial charge in [0, 0.05) is 0 Å². The second kappa shape index (κ2) is 13.1. The van der Waals surface area contributed by atoms with Crippen LogP contribution in [0.3, 0.4) is 0 Å². The number of halogens is 2. The van der Waals surface area contributed by atoms with Gasteiger partial charge in [-0.25, -0.2) is 0 Å². The Hall–Kier alpha value is -1.96. The standard InChI is InChI=1S/C29H37.C14H14Si.C5H5.2ClH.Zr/c1-21-14-13-15-22-20-27(6)25(4)18-10-9-16-23(25,2)24(3)17-11-12-19-26(24,5)29(27,8)28(21,22)7;1-11-3-7-13(8-4-11)15-14-9-5-12(2)6-10-14;1-2-4-5-3-1;;;/h9-20,22H,1-8H3;3-10H,1-2H3;1-3H,4H2;2*1H;/q;;;;;+2/p-2. The van der Waals surface area contributed by atoms with Crippen molar-refractivity contribution in [3.63, 3.8) is 0 Å². The van der Waals surface area contributed by atoms with Crippen LogP contribution in [-0.2, 0) is 20.4 Å². The summed E-state index contributed by atoms with van der Waals surface area (Å²) in [5, 5.41) is 3.24. The first-order chi connectivity index (χ1) is 23.7. The third kappa shape index (κ3) is 4.48. The molecular weight excluding hydrogens is 767 g/mol. The molecule has 52 heavy (non-hydrogen) atoms. The van der Waals surface area contributed by atoms with Gasteiger partial charge in [-0.15, -0.1) is 0 Å². The zero-order valence-corrected chi connectivity index (χ0v) is 37.8. The minimum atomic E-state index is -2.75. The summed E-state index contributed by atoms with van der Waals surface area (Å²) in [7, 11) is 0. The fourth-order valence-corrected chi connectivity index (χ4v) is 38.8. The van der Waals surface area contributed by atoms with Crippen LogP contribution in [0.4, 0.5) is 0 Å². The SMILES string of the molecule is CC1=CC=CC2[CH]([Zr+2]([C]3=CC=CC3)=[Si](c3ccc(C)cc3)c3ccc(C)cc3)C3(C)C4(C)C=CC=CC4(C)C4(C)C=CC=CC4(C)C3(C)C12C.[Cl-].[Cl-]. The Morgan fingerprint density at radius 2 is 1.06 bits per heavy atom. The van der Waals surface area contributed by atoms with Crippen LogP contribution in [-0.4, -0.2) is 5.43 Å². The fraction of sp³-hybridized carbons (Fsp3) is 0.417. The van der Waals surface area contributed by atoms with Gasteiger partial charge in [0.2, 0.25) is 0 Å². The van der Waals surface area contributed by atoms with E-state index in [9.17, 15) is 0 Å². The van der Waals surface area contributed by atoms with E-state index < -0.39 is 25.8 Å². The zero-order valence-electron chi connectivity index (χ0n) is 32.8. The van der Waals surface area contributed by atoms with E-state index in [2.05, 4.69) is 203 Å². The van der Waals surface area contributed by atoms with Crippen LogP contribution in [0.2, 0.25) is 3.63 Å². The van der Waals surface area contributed by atoms with E-state index >= 15 is 0 Å². The van der Waals surface area contributed by atoms with Gasteiger partial charge in [-0.1, -0.05) is 0 Å². The van der Waals surface area contributed by atoms with E-state index in [1.165, 1.54) is 11.1 Å². The summed E-state index contributed by atoms with van der Waals surface area (Å²) in [5.41, 5.74) is 2.73. The number of aryl methyl sites for hydroxylation is 2. The van der Waals surface area contributed by atoms with E-state index in [4.69, 9.17) is 0 Å². The van der Waals surface area contributed by atoms with Crippen molar-refractivity contribution in [1.82, 2.24) is 0 Å². The van der Waals surface area contributed by atoms with Gasteiger partial charge in [-0.3, -0.25) is 0 Å². The summed E-state index contributed by atoms with van der Waals surface area (Å²) in [5.74, 6) is 0.466. The fourth-order valence-electron chi connectivity index (χ4n) is 13.3. The topological polar surface area (TPSA) is 0 Å². The molecule has 0 aromatic heterocycles. The first-order valence-electron chi connectivity index (χ1n) is 19.0. The molecule has 0 bridgehead atoms. The maximum absolute atomic E-state index is 2.84. The molecule has 0 saturated heterocycles. The summed E-state index contributed by atoms with van der Waals surface area (Å²) in [4.78, 5) is 0. The Morgan fingerprint density at radius 3 is 1.56 bits per heavy atom. The molecule has 0 N–H and O–H groups in total. The third-order valence-electron chi connectivity index (χ3n) is 16.9. The van der Waals surface area contributed by atoms with Gasteiger partial charge in [0.1, 0.15) is 0 Å². The maximum atomic E-state index is 2.84. The van der Waals surface area contributed by atoms with Crippen LogP contribution < -0.4 is 35.2 Å². The molecule has 270 valence electrons. The van der Waals surface area contributed by atoms with Crippen LogP contribution >= 0.6 is 0 Å². The summed E-state index contributed by atoms with van der Waals surface area (Å²) in [6, 6.07) is 19.7. The molecule has 0 radical (unpaired) electrons. The number of fused-ring (bicyclic) bond motifs is 8. The minimum absolute atomic E-state index is 0. The Morgan fingerprint density at radius 1 is 0.577 bits per heavy atom. The molecule has 2 saturated carbocycles. The van der Waals surface area contributed by atoms with Crippen molar-refractivity contribution in [2.75, 3.05) is 0 Å². The monoisotopic (exact) mass is 820 g/mol. The van der Waals surface area contributed by atoms with Crippen LogP contribution in [0.15, 0.2) is 142 Å². The summed E-state index contributed by atoms with van der Waals surface area (Å²) >= 11 is -2.75. The average molecular weight is 823 g/mol. The van der Waals surface area contributed by atoms with Gasteiger partial charge < -0.3 is 24.8 Å². The van der Waals surface area contributed by atoms with Crippen molar-refractivity contribution in [3.8, 4) is 0 Å². The molecule has 0 aliphatic heterocycles. The normalized spacial score (nSPS) is 39.9. The molecular formula is C48H56Cl2SiZr. The Bertz CT molecular complexity index is 2030. The van der Waals surface area contributed by atoms with E-state index in [-0.39, 0.29) is 62.7 Å². The molecule has 9 unspecified atom stereocenters. The van der Waals surface area contributed by atoms with Gasteiger partial charge in [-0.05, 0) is 0 Å². The molecule has 6 aliphatic rings. The van der Waals surface area contributed by atoms with Gasteiger partial charge >= 0.3 is 313 Å². The molecule has 4 heteroatoms. The average Bonchev–Trinajstić information content (AvgIpc) is 3.69. The van der Waals surface area contributed by atoms with Crippen molar-refractivity contribution < 1.29 is 45.2 Å². The number of allylic oxidation sites excluding steroid dienone is 16. The van der Waals surface area contributed by atoms with Crippen LogP contribution in [0.25, 0.3) is 0 Å². The second-order valence-electron chi connectivity index (χ2n) is 17.9. The van der Waals surface area contributed by atoms with Crippen LogP contribution in [0, 0.1) is 57.7 Å². The molecule has 0 spiro atoms. The molecule has 0 heterocycles. The Kier molecular flexibility index (Phi) is 9.99. The first-order valence-corrected chi connectivity index (χ1v) is 26.8. The second-order valence-corrected chi connectivity index (χ2v) is 31.8. The molecule has 2 fully saturated rings. The Labute approximate surface area is 335 Å². The van der Waals surface area contributed by atoms with E-state index in [1.54, 1.807) is 15.9 Å². The van der Waals surface area contributed by atoms with Crippen molar-refractivity contribution in [2.24, 2.45) is 43.8 Å². The van der Waals surface area contributed by atoms with Crippen LogP contribution in [0.1, 0.15) is 72.9 Å². The molecule has 9 atom stereocenters. The largest absolute Gasteiger partial charge is 1.00 e. The molecule has 2 aromatic carbocycles. The maximum Gasteiger partial charge on any atom is -1.00 e. The van der Waals surface area contributed by atoms with Crippen molar-refractivity contribution in [2.45, 2.75) is 79.3 Å². The minimum Gasteiger partial charge on any atom is -1.00 e. The van der Waals surface area contributed by atoms with Crippen LogP contribution in [0.5, 0.6) is 0 Å². The Balaban J connectivity index is 0.00000232. The quantitative estimate of drug-likeness (QED) is 0.376. The van der Waals surface area contributed by atoms with Gasteiger partial charge in [0.25, 0.3) is 0 Å². The number of hydrogen-bond acceptors (Lipinski definition) is 0. The van der Waals surface area contributed by atoms with E-state index in [0.29, 0.717) is 9.54 Å². The van der Waals surface area contributed by atoms with Crippen molar-refractivity contribution in [1.29, 1.82) is 0 Å². The number of benzene rings is 2. The predicted molar refractivity (Wildman–Crippen MR) is 213 cm³/mol. The summed E-state index contributed by atoms with van der Waals surface area (Å²) in [6.45, 7) is 26.0. The molecule has 0 amide bonds. The smallest absolute Gasteiger partial charge is 1.00 e. The predicted octanol–water partition coefficient (Wildman–Crippen LogP) is 5.12. The van der Waals surface area contributed by atoms with Gasteiger partial charge in [0.05, 0.1) is 0 Å². The molecule has 2 aromatic rings. The number of hydrogen-bond donors (Lipinski definition) is 0. The number of rotatable bonds is 4. The summed E-state index contributed by atoms with van der Waals surface area (Å²) < 4.78 is 2.42. The van der Waals surface area contributed by atoms with Gasteiger partial charge in [-0.2, -0.15) is 0 Å². The molecule has 0 nitrogen and oxygen atoms in total. The molecule has 8 rings (SSSR count). The van der Waals surface area contributed by atoms with Crippen molar-refractivity contribution in [3.05, 3.63) is 154 Å². The molecule has 6 aliphatic carbocycles. The third-order valence-corrected chi connectivity index (χ3v) is 37.7. The van der Waals surface area contributed by atoms with E-state index in [1.807, 2.05) is 3.28 Å². The first kappa shape index (κ1) is 39.7. The van der Waals surface area contributed by atoms with Crippen molar-refractivity contribution >= 4 is 15.8 Å². The van der Waals surface area contributed by atoms with Gasteiger partial charge in [0.15, 0.2) is 0 Å².